The van der Waals surface area contributed by atoms with Crippen molar-refractivity contribution in [1.29, 1.82) is 0 Å². The van der Waals surface area contributed by atoms with Crippen LogP contribution in [0.4, 0.5) is 13.2 Å². The molecule has 0 spiro atoms. The third kappa shape index (κ3) is 5.21. The van der Waals surface area contributed by atoms with Gasteiger partial charge in [-0.3, -0.25) is 4.90 Å². The van der Waals surface area contributed by atoms with Crippen LogP contribution in [0, 0.1) is 0 Å². The fraction of sp³-hybridized carbons (Fsp3) is 0.600. The average molecular weight is 302 g/mol. The van der Waals surface area contributed by atoms with E-state index in [1.807, 2.05) is 0 Å². The van der Waals surface area contributed by atoms with Crippen molar-refractivity contribution in [3.8, 4) is 5.75 Å². The number of rotatable bonds is 5. The largest absolute Gasteiger partial charge is 0.573 e. The van der Waals surface area contributed by atoms with Gasteiger partial charge in [-0.1, -0.05) is 19.1 Å². The van der Waals surface area contributed by atoms with Crippen LogP contribution in [0.3, 0.4) is 0 Å². The molecule has 3 nitrogen and oxygen atoms in total. The number of piperidine rings is 1. The first-order valence-electron chi connectivity index (χ1n) is 7.27. The van der Waals surface area contributed by atoms with Crippen LogP contribution in [0.5, 0.6) is 5.75 Å². The summed E-state index contributed by atoms with van der Waals surface area (Å²) in [5, 5.41) is 3.34. The van der Waals surface area contributed by atoms with Crippen molar-refractivity contribution < 1.29 is 17.9 Å². The van der Waals surface area contributed by atoms with Gasteiger partial charge in [0.2, 0.25) is 0 Å². The zero-order valence-corrected chi connectivity index (χ0v) is 12.1. The highest BCUT2D eigenvalue weighted by molar-refractivity contribution is 5.27. The smallest absolute Gasteiger partial charge is 0.406 e. The van der Waals surface area contributed by atoms with E-state index in [1.165, 1.54) is 12.1 Å². The summed E-state index contributed by atoms with van der Waals surface area (Å²) in [6.45, 7) is 5.86. The lowest BCUT2D eigenvalue weighted by Crippen LogP contribution is -2.42. The van der Waals surface area contributed by atoms with Gasteiger partial charge >= 0.3 is 6.36 Å². The van der Waals surface area contributed by atoms with Crippen molar-refractivity contribution in [1.82, 2.24) is 10.2 Å². The number of hydrogen-bond donors (Lipinski definition) is 1. The lowest BCUT2D eigenvalue weighted by molar-refractivity contribution is -0.274. The molecule has 6 heteroatoms. The summed E-state index contributed by atoms with van der Waals surface area (Å²) in [7, 11) is 0. The molecule has 1 heterocycles. The van der Waals surface area contributed by atoms with Gasteiger partial charge in [-0.25, -0.2) is 0 Å². The summed E-state index contributed by atoms with van der Waals surface area (Å²) < 4.78 is 40.2. The molecule has 1 aliphatic heterocycles. The highest BCUT2D eigenvalue weighted by Crippen LogP contribution is 2.23. The maximum atomic E-state index is 12.1. The van der Waals surface area contributed by atoms with E-state index in [4.69, 9.17) is 0 Å². The number of alkyl halides is 3. The van der Waals surface area contributed by atoms with E-state index in [0.29, 0.717) is 6.04 Å². The minimum Gasteiger partial charge on any atom is -0.406 e. The van der Waals surface area contributed by atoms with Gasteiger partial charge in [0, 0.05) is 12.6 Å². The summed E-state index contributed by atoms with van der Waals surface area (Å²) in [6.07, 6.45) is -2.40. The standard InChI is InChI=1S/C15H21F3N2O/c1-2-20(13-7-9-19-10-8-13)11-12-3-5-14(6-4-12)21-15(16,17)18/h3-6,13,19H,2,7-11H2,1H3. The van der Waals surface area contributed by atoms with Crippen LogP contribution in [0.1, 0.15) is 25.3 Å². The highest BCUT2D eigenvalue weighted by atomic mass is 19.4. The van der Waals surface area contributed by atoms with Crippen LogP contribution in [-0.4, -0.2) is 36.9 Å². The monoisotopic (exact) mass is 302 g/mol. The third-order valence-electron chi connectivity index (χ3n) is 3.77. The Balaban J connectivity index is 1.94. The second-order valence-corrected chi connectivity index (χ2v) is 5.24. The molecule has 1 aromatic rings. The molecule has 0 bridgehead atoms. The Morgan fingerprint density at radius 2 is 1.81 bits per heavy atom. The van der Waals surface area contributed by atoms with Crippen LogP contribution in [0.15, 0.2) is 24.3 Å². The van der Waals surface area contributed by atoms with Gasteiger partial charge < -0.3 is 10.1 Å². The van der Waals surface area contributed by atoms with Crippen molar-refractivity contribution in [2.45, 2.75) is 38.7 Å². The van der Waals surface area contributed by atoms with Crippen molar-refractivity contribution in [3.05, 3.63) is 29.8 Å². The Morgan fingerprint density at radius 1 is 1.19 bits per heavy atom. The Bertz CT molecular complexity index is 428. The topological polar surface area (TPSA) is 24.5 Å². The van der Waals surface area contributed by atoms with Gasteiger partial charge in [-0.2, -0.15) is 0 Å². The zero-order valence-electron chi connectivity index (χ0n) is 12.1. The van der Waals surface area contributed by atoms with Crippen molar-refractivity contribution in [2.75, 3.05) is 19.6 Å². The van der Waals surface area contributed by atoms with Crippen LogP contribution in [-0.2, 0) is 6.54 Å². The molecule has 0 unspecified atom stereocenters. The molecule has 118 valence electrons. The van der Waals surface area contributed by atoms with Crippen molar-refractivity contribution in [3.63, 3.8) is 0 Å². The molecular weight excluding hydrogens is 281 g/mol. The molecule has 0 aromatic heterocycles. The summed E-state index contributed by atoms with van der Waals surface area (Å²) in [4.78, 5) is 2.38. The Morgan fingerprint density at radius 3 is 2.33 bits per heavy atom. The molecule has 1 saturated heterocycles. The maximum Gasteiger partial charge on any atom is 0.573 e. The van der Waals surface area contributed by atoms with Crippen LogP contribution < -0.4 is 10.1 Å². The van der Waals surface area contributed by atoms with E-state index in [9.17, 15) is 13.2 Å². The predicted molar refractivity (Wildman–Crippen MR) is 75.1 cm³/mol. The molecular formula is C15H21F3N2O. The highest BCUT2D eigenvalue weighted by Gasteiger charge is 2.31. The molecule has 1 fully saturated rings. The van der Waals surface area contributed by atoms with E-state index >= 15 is 0 Å². The van der Waals surface area contributed by atoms with Gasteiger partial charge in [0.1, 0.15) is 5.75 Å². The molecule has 0 radical (unpaired) electrons. The molecule has 0 atom stereocenters. The summed E-state index contributed by atoms with van der Waals surface area (Å²) in [5.41, 5.74) is 1.00. The summed E-state index contributed by atoms with van der Waals surface area (Å²) in [5.74, 6) is -0.170. The van der Waals surface area contributed by atoms with E-state index in [2.05, 4.69) is 21.9 Å². The molecule has 21 heavy (non-hydrogen) atoms. The fourth-order valence-corrected chi connectivity index (χ4v) is 2.70. The van der Waals surface area contributed by atoms with Gasteiger partial charge in [-0.15, -0.1) is 13.2 Å². The number of hydrogen-bond acceptors (Lipinski definition) is 3. The third-order valence-corrected chi connectivity index (χ3v) is 3.77. The fourth-order valence-electron chi connectivity index (χ4n) is 2.70. The molecule has 1 aliphatic rings. The molecule has 0 saturated carbocycles. The minimum absolute atomic E-state index is 0.170. The normalized spacial score (nSPS) is 17.2. The molecule has 1 aromatic carbocycles. The minimum atomic E-state index is -4.63. The summed E-state index contributed by atoms with van der Waals surface area (Å²) >= 11 is 0. The molecule has 0 amide bonds. The Labute approximate surface area is 123 Å². The number of nitrogens with one attached hydrogen (secondary N) is 1. The van der Waals surface area contributed by atoms with Crippen molar-refractivity contribution in [2.24, 2.45) is 0 Å². The van der Waals surface area contributed by atoms with Crippen LogP contribution in [0.25, 0.3) is 0 Å². The predicted octanol–water partition coefficient (Wildman–Crippen LogP) is 3.16. The number of nitrogens with zero attached hydrogens (tertiary/aromatic N) is 1. The van der Waals surface area contributed by atoms with Gasteiger partial charge in [0.15, 0.2) is 0 Å². The summed E-state index contributed by atoms with van der Waals surface area (Å²) in [6, 6.07) is 6.69. The number of halogens is 3. The zero-order chi connectivity index (χ0) is 15.3. The lowest BCUT2D eigenvalue weighted by atomic mass is 10.0. The molecule has 1 N–H and O–H groups in total. The first kappa shape index (κ1) is 16.1. The van der Waals surface area contributed by atoms with Crippen LogP contribution >= 0.6 is 0 Å². The van der Waals surface area contributed by atoms with Crippen LogP contribution in [0.2, 0.25) is 0 Å². The van der Waals surface area contributed by atoms with Gasteiger partial charge in [0.05, 0.1) is 0 Å². The first-order chi connectivity index (χ1) is 9.98. The van der Waals surface area contributed by atoms with Gasteiger partial charge in [0.25, 0.3) is 0 Å². The van der Waals surface area contributed by atoms with E-state index in [0.717, 1.165) is 44.6 Å². The Hall–Kier alpha value is -1.27. The average Bonchev–Trinajstić information content (AvgIpc) is 2.46. The SMILES string of the molecule is CCN(Cc1ccc(OC(F)(F)F)cc1)C1CCNCC1. The number of benzene rings is 1. The maximum absolute atomic E-state index is 12.1. The van der Waals surface area contributed by atoms with E-state index in [-0.39, 0.29) is 5.75 Å². The Kier molecular flexibility index (Phi) is 5.47. The quantitative estimate of drug-likeness (QED) is 0.904. The molecule has 0 aliphatic carbocycles. The first-order valence-corrected chi connectivity index (χ1v) is 7.27. The second-order valence-electron chi connectivity index (χ2n) is 5.24. The second kappa shape index (κ2) is 7.13. The molecule has 2 rings (SSSR count). The van der Waals surface area contributed by atoms with Crippen molar-refractivity contribution >= 4 is 0 Å². The van der Waals surface area contributed by atoms with E-state index < -0.39 is 6.36 Å². The van der Waals surface area contributed by atoms with E-state index in [1.54, 1.807) is 12.1 Å². The van der Waals surface area contributed by atoms with Gasteiger partial charge in [-0.05, 0) is 50.2 Å². The lowest BCUT2D eigenvalue weighted by Gasteiger charge is -2.33. The number of ether oxygens (including phenoxy) is 1.